The number of ketones is 1. The summed E-state index contributed by atoms with van der Waals surface area (Å²) in [6.07, 6.45) is 13.1. The molecule has 196 valence electrons. The molecule has 1 N–H and O–H groups in total. The van der Waals surface area contributed by atoms with Crippen molar-refractivity contribution >= 4 is 5.78 Å². The van der Waals surface area contributed by atoms with E-state index in [1.165, 1.54) is 32.1 Å². The van der Waals surface area contributed by atoms with Crippen LogP contribution in [0.3, 0.4) is 0 Å². The van der Waals surface area contributed by atoms with Crippen LogP contribution >= 0.6 is 0 Å². The van der Waals surface area contributed by atoms with Gasteiger partial charge in [-0.1, -0.05) is 13.8 Å². The van der Waals surface area contributed by atoms with E-state index >= 15 is 0 Å². The van der Waals surface area contributed by atoms with E-state index in [2.05, 4.69) is 24.9 Å². The molecule has 5 nitrogen and oxygen atoms in total. The number of hydrogen-bond donors (Lipinski definition) is 1. The van der Waals surface area contributed by atoms with Crippen LogP contribution in [-0.4, -0.2) is 34.7 Å². The van der Waals surface area contributed by atoms with Gasteiger partial charge in [-0.15, -0.1) is 0 Å². The molecule has 8 atom stereocenters. The molecule has 0 bridgehead atoms. The number of aliphatic hydroxyl groups is 1. The first-order valence-corrected chi connectivity index (χ1v) is 14.5. The number of rotatable bonds is 7. The Morgan fingerprint density at radius 1 is 1.14 bits per heavy atom. The summed E-state index contributed by atoms with van der Waals surface area (Å²) in [6, 6.07) is 5.71. The van der Waals surface area contributed by atoms with E-state index in [0.29, 0.717) is 54.1 Å². The molecule has 1 heterocycles. The lowest BCUT2D eigenvalue weighted by atomic mass is 9.42. The molecule has 1 aromatic heterocycles. The monoisotopic (exact) mass is 492 g/mol. The zero-order valence-electron chi connectivity index (χ0n) is 22.5. The van der Waals surface area contributed by atoms with Crippen molar-refractivity contribution in [1.82, 2.24) is 4.98 Å². The van der Waals surface area contributed by atoms with Crippen LogP contribution in [0.2, 0.25) is 0 Å². The first-order chi connectivity index (χ1) is 17.3. The smallest absolute Gasteiger partial charge is 0.142 e. The lowest BCUT2D eigenvalue weighted by molar-refractivity contribution is -0.173. The Bertz CT molecular complexity index is 1000. The maximum absolute atomic E-state index is 13.5. The third-order valence-electron chi connectivity index (χ3n) is 11.5. The van der Waals surface area contributed by atoms with Crippen LogP contribution < -0.4 is 0 Å². The standard InChI is InChI=1S/C31H44N2O3/c1-4-31-15-14-30(35,20-36-5-2)17-22(31)7-9-24-25-10-11-27(29(25,3)13-12-26(24)31)28(34)16-23-8-6-21(18-32)19-33-23/h6,8,19,22,24-27,35H,4-5,7,9-17,20H2,1-3H3/t22-,24+,25+,26+,27-,29+,30-,31+/m1/s1. The van der Waals surface area contributed by atoms with Gasteiger partial charge in [0.15, 0.2) is 0 Å². The highest BCUT2D eigenvalue weighted by molar-refractivity contribution is 5.84. The van der Waals surface area contributed by atoms with Crippen molar-refractivity contribution in [2.24, 2.45) is 40.4 Å². The Morgan fingerprint density at radius 2 is 1.97 bits per heavy atom. The van der Waals surface area contributed by atoms with Gasteiger partial charge in [-0.25, -0.2) is 0 Å². The van der Waals surface area contributed by atoms with Crippen molar-refractivity contribution in [2.75, 3.05) is 13.2 Å². The summed E-state index contributed by atoms with van der Waals surface area (Å²) in [4.78, 5) is 17.9. The molecule has 4 fully saturated rings. The van der Waals surface area contributed by atoms with Gasteiger partial charge in [-0.3, -0.25) is 9.78 Å². The molecule has 0 amide bonds. The highest BCUT2D eigenvalue weighted by Crippen LogP contribution is 2.69. The van der Waals surface area contributed by atoms with Crippen molar-refractivity contribution in [1.29, 1.82) is 5.26 Å². The molecule has 4 saturated carbocycles. The number of hydrogen-bond acceptors (Lipinski definition) is 5. The maximum Gasteiger partial charge on any atom is 0.142 e. The van der Waals surface area contributed by atoms with E-state index in [-0.39, 0.29) is 11.3 Å². The summed E-state index contributed by atoms with van der Waals surface area (Å²) in [5.41, 5.74) is 1.11. The van der Waals surface area contributed by atoms with Gasteiger partial charge in [0.1, 0.15) is 11.9 Å². The second kappa shape index (κ2) is 9.84. The van der Waals surface area contributed by atoms with Crippen LogP contribution in [-0.2, 0) is 16.0 Å². The van der Waals surface area contributed by atoms with Gasteiger partial charge in [0.2, 0.25) is 0 Å². The third-order valence-corrected chi connectivity index (χ3v) is 11.5. The Labute approximate surface area is 217 Å². The van der Waals surface area contributed by atoms with Crippen molar-refractivity contribution in [2.45, 2.75) is 97.0 Å². The van der Waals surface area contributed by atoms with Gasteiger partial charge < -0.3 is 9.84 Å². The molecule has 1 aromatic rings. The summed E-state index contributed by atoms with van der Waals surface area (Å²) in [5, 5.41) is 20.3. The Balaban J connectivity index is 1.31. The summed E-state index contributed by atoms with van der Waals surface area (Å²) >= 11 is 0. The third kappa shape index (κ3) is 4.23. The molecular formula is C31H44N2O3. The summed E-state index contributed by atoms with van der Waals surface area (Å²) in [6.45, 7) is 7.96. The molecule has 0 aliphatic heterocycles. The molecule has 4 aliphatic rings. The van der Waals surface area contributed by atoms with Crippen LogP contribution in [0.4, 0.5) is 0 Å². The van der Waals surface area contributed by atoms with E-state index in [9.17, 15) is 9.90 Å². The highest BCUT2D eigenvalue weighted by Gasteiger charge is 2.62. The lowest BCUT2D eigenvalue weighted by Crippen LogP contribution is -2.57. The quantitative estimate of drug-likeness (QED) is 0.514. The topological polar surface area (TPSA) is 83.2 Å². The van der Waals surface area contributed by atoms with Crippen molar-refractivity contribution in [3.8, 4) is 6.07 Å². The van der Waals surface area contributed by atoms with E-state index < -0.39 is 5.60 Å². The second-order valence-corrected chi connectivity index (χ2v) is 12.8. The maximum atomic E-state index is 13.5. The van der Waals surface area contributed by atoms with E-state index in [4.69, 9.17) is 10.00 Å². The fourth-order valence-electron chi connectivity index (χ4n) is 9.69. The zero-order chi connectivity index (χ0) is 25.6. The fraction of sp³-hybridized carbons (Fsp3) is 0.774. The van der Waals surface area contributed by atoms with Crippen molar-refractivity contribution in [3.63, 3.8) is 0 Å². The van der Waals surface area contributed by atoms with Crippen LogP contribution in [0.15, 0.2) is 18.3 Å². The number of carbonyl (C=O) groups excluding carboxylic acids is 1. The molecule has 36 heavy (non-hydrogen) atoms. The van der Waals surface area contributed by atoms with Gasteiger partial charge in [-0.2, -0.15) is 5.26 Å². The van der Waals surface area contributed by atoms with Crippen LogP contribution in [0, 0.1) is 51.8 Å². The first kappa shape index (κ1) is 25.9. The van der Waals surface area contributed by atoms with Gasteiger partial charge in [0.25, 0.3) is 0 Å². The number of nitrogens with zero attached hydrogens (tertiary/aromatic N) is 2. The van der Waals surface area contributed by atoms with E-state index in [1.807, 2.05) is 13.0 Å². The molecule has 0 unspecified atom stereocenters. The zero-order valence-corrected chi connectivity index (χ0v) is 22.5. The molecule has 0 spiro atoms. The minimum absolute atomic E-state index is 0.0942. The number of pyridine rings is 1. The van der Waals surface area contributed by atoms with Crippen LogP contribution in [0.1, 0.15) is 96.2 Å². The van der Waals surface area contributed by atoms with E-state index in [0.717, 1.165) is 43.7 Å². The Kier molecular flexibility index (Phi) is 7.07. The molecule has 4 aliphatic carbocycles. The number of aromatic nitrogens is 1. The molecular weight excluding hydrogens is 448 g/mol. The predicted molar refractivity (Wildman–Crippen MR) is 139 cm³/mol. The number of fused-ring (bicyclic) bond motifs is 5. The average Bonchev–Trinajstić information content (AvgIpc) is 3.25. The summed E-state index contributed by atoms with van der Waals surface area (Å²) < 4.78 is 5.69. The summed E-state index contributed by atoms with van der Waals surface area (Å²) in [5.74, 6) is 3.13. The van der Waals surface area contributed by atoms with Crippen molar-refractivity contribution in [3.05, 3.63) is 29.6 Å². The predicted octanol–water partition coefficient (Wildman–Crippen LogP) is 5.88. The Morgan fingerprint density at radius 3 is 2.67 bits per heavy atom. The molecule has 5 rings (SSSR count). The largest absolute Gasteiger partial charge is 0.387 e. The molecule has 0 radical (unpaired) electrons. The van der Waals surface area contributed by atoms with Crippen LogP contribution in [0.5, 0.6) is 0 Å². The minimum atomic E-state index is -0.653. The number of Topliss-reactive ketones (excluding diaryl/α,β-unsaturated/α-hetero) is 1. The second-order valence-electron chi connectivity index (χ2n) is 12.8. The molecule has 0 saturated heterocycles. The van der Waals surface area contributed by atoms with Gasteiger partial charge in [0, 0.05) is 30.8 Å². The average molecular weight is 493 g/mol. The molecule has 0 aromatic carbocycles. The van der Waals surface area contributed by atoms with Gasteiger partial charge in [-0.05, 0) is 118 Å². The van der Waals surface area contributed by atoms with E-state index in [1.54, 1.807) is 12.3 Å². The van der Waals surface area contributed by atoms with Crippen molar-refractivity contribution < 1.29 is 14.6 Å². The molecule has 5 heteroatoms. The van der Waals surface area contributed by atoms with Gasteiger partial charge >= 0.3 is 0 Å². The number of ether oxygens (including phenoxy) is 1. The minimum Gasteiger partial charge on any atom is -0.387 e. The van der Waals surface area contributed by atoms with Crippen LogP contribution in [0.25, 0.3) is 0 Å². The highest BCUT2D eigenvalue weighted by atomic mass is 16.5. The Hall–Kier alpha value is -1.77. The SMILES string of the molecule is CCOC[C@@]1(O)CC[C@@]2(CC)[C@H](CC[C@H]3[C@@H]4CC[C@H](C(=O)Cc5ccc(C#N)cn5)[C@@]4(C)CC[C@@H]32)C1. The fourth-order valence-corrected chi connectivity index (χ4v) is 9.69. The number of carbonyl (C=O) groups is 1. The van der Waals surface area contributed by atoms with Gasteiger partial charge in [0.05, 0.1) is 17.8 Å². The lowest BCUT2D eigenvalue weighted by Gasteiger charge is -2.63. The normalized spacial score (nSPS) is 41.6. The summed E-state index contributed by atoms with van der Waals surface area (Å²) in [7, 11) is 0. The number of nitriles is 1. The first-order valence-electron chi connectivity index (χ1n) is 14.5.